The lowest BCUT2D eigenvalue weighted by Crippen LogP contribution is -2.49. The first-order valence-corrected chi connectivity index (χ1v) is 12.4. The number of esters is 1. The summed E-state index contributed by atoms with van der Waals surface area (Å²) in [5, 5.41) is 0. The predicted molar refractivity (Wildman–Crippen MR) is 130 cm³/mol. The molecule has 2 heterocycles. The molecule has 2 aromatic carbocycles. The van der Waals surface area contributed by atoms with E-state index >= 15 is 0 Å². The molecule has 32 heavy (non-hydrogen) atoms. The summed E-state index contributed by atoms with van der Waals surface area (Å²) in [4.78, 5) is 20.4. The van der Waals surface area contributed by atoms with Gasteiger partial charge in [-0.15, -0.1) is 0 Å². The monoisotopic (exact) mass is 433 g/mol. The molecule has 0 radical (unpaired) electrons. The van der Waals surface area contributed by atoms with Crippen LogP contribution in [0.25, 0.3) is 0 Å². The van der Waals surface area contributed by atoms with Gasteiger partial charge in [0.2, 0.25) is 0 Å². The highest BCUT2D eigenvalue weighted by Gasteiger charge is 2.28. The molecule has 1 aliphatic carbocycles. The van der Waals surface area contributed by atoms with Gasteiger partial charge in [0.1, 0.15) is 0 Å². The number of anilines is 2. The summed E-state index contributed by atoms with van der Waals surface area (Å²) in [6.45, 7) is 6.36. The molecular formula is C27H35N3O2. The summed E-state index contributed by atoms with van der Waals surface area (Å²) in [6.07, 6.45) is 9.28. The highest BCUT2D eigenvalue weighted by molar-refractivity contribution is 5.92. The fourth-order valence-electron chi connectivity index (χ4n) is 5.52. The molecule has 2 aliphatic heterocycles. The number of hydrogen-bond acceptors (Lipinski definition) is 5. The molecule has 1 saturated carbocycles. The van der Waals surface area contributed by atoms with Crippen LogP contribution in [0, 0.1) is 0 Å². The van der Waals surface area contributed by atoms with Crippen LogP contribution in [-0.2, 0) is 0 Å². The lowest BCUT2D eigenvalue weighted by Gasteiger charge is -2.40. The molecule has 0 N–H and O–H groups in total. The molecule has 0 spiro atoms. The van der Waals surface area contributed by atoms with Crippen LogP contribution >= 0.6 is 0 Å². The summed E-state index contributed by atoms with van der Waals surface area (Å²) in [5.41, 5.74) is 2.89. The maximum atomic E-state index is 12.8. The highest BCUT2D eigenvalue weighted by Crippen LogP contribution is 2.36. The van der Waals surface area contributed by atoms with Gasteiger partial charge in [0.05, 0.1) is 11.3 Å². The third kappa shape index (κ3) is 4.78. The lowest BCUT2D eigenvalue weighted by molar-refractivity contribution is 0.0735. The van der Waals surface area contributed by atoms with Crippen LogP contribution in [0.2, 0.25) is 0 Å². The number of piperidine rings is 1. The average molecular weight is 434 g/mol. The van der Waals surface area contributed by atoms with E-state index in [1.165, 1.54) is 50.6 Å². The second-order valence-electron chi connectivity index (χ2n) is 9.42. The Bertz CT molecular complexity index is 896. The van der Waals surface area contributed by atoms with Gasteiger partial charge in [-0.2, -0.15) is 0 Å². The molecule has 2 saturated heterocycles. The minimum Gasteiger partial charge on any atom is -0.421 e. The molecule has 0 unspecified atom stereocenters. The third-order valence-electron chi connectivity index (χ3n) is 7.37. The van der Waals surface area contributed by atoms with Gasteiger partial charge in [-0.05, 0) is 62.4 Å². The van der Waals surface area contributed by atoms with E-state index in [9.17, 15) is 4.79 Å². The Morgan fingerprint density at radius 2 is 1.47 bits per heavy atom. The first-order valence-electron chi connectivity index (χ1n) is 12.4. The molecule has 3 fully saturated rings. The molecule has 3 aliphatic rings. The average Bonchev–Trinajstić information content (AvgIpc) is 3.41. The molecule has 5 rings (SSSR count). The van der Waals surface area contributed by atoms with Crippen molar-refractivity contribution in [2.45, 2.75) is 51.0 Å². The first-order chi connectivity index (χ1) is 15.8. The molecule has 170 valence electrons. The lowest BCUT2D eigenvalue weighted by atomic mass is 10.1. The van der Waals surface area contributed by atoms with Crippen LogP contribution in [0.4, 0.5) is 11.4 Å². The van der Waals surface area contributed by atoms with E-state index < -0.39 is 0 Å². The molecule has 5 nitrogen and oxygen atoms in total. The van der Waals surface area contributed by atoms with Crippen molar-refractivity contribution in [3.05, 3.63) is 54.1 Å². The van der Waals surface area contributed by atoms with E-state index in [4.69, 9.17) is 4.74 Å². The largest absolute Gasteiger partial charge is 0.421 e. The SMILES string of the molecule is O=C(Oc1ccc(N2CCCCC2)cc1N1CCN(C2CCCC2)CC1)c1ccccc1. The summed E-state index contributed by atoms with van der Waals surface area (Å²) in [5.74, 6) is 0.385. The summed E-state index contributed by atoms with van der Waals surface area (Å²) >= 11 is 0. The first kappa shape index (κ1) is 21.3. The van der Waals surface area contributed by atoms with Crippen LogP contribution in [0.15, 0.2) is 48.5 Å². The standard InChI is InChI=1S/C27H35N3O2/c31-27(22-9-3-1-4-10-22)32-26-14-13-24(28-15-7-2-8-16-28)21-25(26)30-19-17-29(18-20-30)23-11-5-6-12-23/h1,3-4,9-10,13-14,21,23H,2,5-8,11-12,15-20H2. The summed E-state index contributed by atoms with van der Waals surface area (Å²) < 4.78 is 5.94. The topological polar surface area (TPSA) is 36.0 Å². The van der Waals surface area contributed by atoms with Gasteiger partial charge in [-0.1, -0.05) is 31.0 Å². The number of nitrogens with zero attached hydrogens (tertiary/aromatic N) is 3. The molecule has 0 amide bonds. The van der Waals surface area contributed by atoms with Gasteiger partial charge in [0, 0.05) is 51.0 Å². The van der Waals surface area contributed by atoms with Crippen molar-refractivity contribution < 1.29 is 9.53 Å². The van der Waals surface area contributed by atoms with E-state index in [0.29, 0.717) is 11.3 Å². The molecule has 2 aromatic rings. The Hall–Kier alpha value is -2.53. The Morgan fingerprint density at radius 3 is 2.19 bits per heavy atom. The van der Waals surface area contributed by atoms with E-state index in [-0.39, 0.29) is 5.97 Å². The number of piperazine rings is 1. The van der Waals surface area contributed by atoms with Gasteiger partial charge in [0.15, 0.2) is 5.75 Å². The predicted octanol–water partition coefficient (Wildman–Crippen LogP) is 4.96. The van der Waals surface area contributed by atoms with Crippen molar-refractivity contribution in [3.8, 4) is 5.75 Å². The van der Waals surface area contributed by atoms with E-state index in [2.05, 4.69) is 26.8 Å². The van der Waals surface area contributed by atoms with Gasteiger partial charge < -0.3 is 14.5 Å². The maximum Gasteiger partial charge on any atom is 0.343 e. The number of benzene rings is 2. The maximum absolute atomic E-state index is 12.8. The summed E-state index contributed by atoms with van der Waals surface area (Å²) in [7, 11) is 0. The van der Waals surface area contributed by atoms with Crippen LogP contribution in [0.3, 0.4) is 0 Å². The zero-order valence-electron chi connectivity index (χ0n) is 19.0. The molecule has 0 aromatic heterocycles. The van der Waals surface area contributed by atoms with Crippen molar-refractivity contribution in [1.82, 2.24) is 4.90 Å². The second-order valence-corrected chi connectivity index (χ2v) is 9.42. The third-order valence-corrected chi connectivity index (χ3v) is 7.37. The number of rotatable bonds is 5. The van der Waals surface area contributed by atoms with E-state index in [1.807, 2.05) is 36.4 Å². The van der Waals surface area contributed by atoms with Crippen molar-refractivity contribution >= 4 is 17.3 Å². The Kier molecular flexibility index (Phi) is 6.63. The van der Waals surface area contributed by atoms with E-state index in [0.717, 1.165) is 51.0 Å². The highest BCUT2D eigenvalue weighted by atomic mass is 16.5. The minimum atomic E-state index is -0.290. The van der Waals surface area contributed by atoms with Gasteiger partial charge >= 0.3 is 5.97 Å². The quantitative estimate of drug-likeness (QED) is 0.492. The van der Waals surface area contributed by atoms with Crippen LogP contribution in [0.1, 0.15) is 55.3 Å². The Balaban J connectivity index is 1.36. The number of hydrogen-bond donors (Lipinski definition) is 0. The number of carbonyl (C=O) groups is 1. The second kappa shape index (κ2) is 9.95. The van der Waals surface area contributed by atoms with Gasteiger partial charge in [0.25, 0.3) is 0 Å². The van der Waals surface area contributed by atoms with E-state index in [1.54, 1.807) is 0 Å². The zero-order valence-corrected chi connectivity index (χ0v) is 19.0. The molecule has 5 heteroatoms. The van der Waals surface area contributed by atoms with Crippen LogP contribution < -0.4 is 14.5 Å². The van der Waals surface area contributed by atoms with Gasteiger partial charge in [-0.25, -0.2) is 4.79 Å². The molecular weight excluding hydrogens is 398 g/mol. The molecule has 0 bridgehead atoms. The fourth-order valence-corrected chi connectivity index (χ4v) is 5.52. The number of carbonyl (C=O) groups excluding carboxylic acids is 1. The van der Waals surface area contributed by atoms with Crippen molar-refractivity contribution in [1.29, 1.82) is 0 Å². The zero-order chi connectivity index (χ0) is 21.8. The van der Waals surface area contributed by atoms with Crippen LogP contribution in [-0.4, -0.2) is 56.2 Å². The van der Waals surface area contributed by atoms with Crippen molar-refractivity contribution in [2.75, 3.05) is 49.1 Å². The summed E-state index contributed by atoms with van der Waals surface area (Å²) in [6, 6.07) is 16.4. The minimum absolute atomic E-state index is 0.290. The fraction of sp³-hybridized carbons (Fsp3) is 0.519. The normalized spacial score (nSPS) is 20.5. The van der Waals surface area contributed by atoms with Crippen molar-refractivity contribution in [3.63, 3.8) is 0 Å². The van der Waals surface area contributed by atoms with Gasteiger partial charge in [-0.3, -0.25) is 4.90 Å². The van der Waals surface area contributed by atoms with Crippen LogP contribution in [0.5, 0.6) is 5.75 Å². The Morgan fingerprint density at radius 1 is 0.750 bits per heavy atom. The number of ether oxygens (including phenoxy) is 1. The Labute approximate surface area is 191 Å². The van der Waals surface area contributed by atoms with Crippen molar-refractivity contribution in [2.24, 2.45) is 0 Å². The smallest absolute Gasteiger partial charge is 0.343 e. The molecule has 0 atom stereocenters.